The molecule has 0 aliphatic heterocycles. The lowest BCUT2D eigenvalue weighted by Crippen LogP contribution is -2.12. The van der Waals surface area contributed by atoms with Crippen LogP contribution in [0.2, 0.25) is 0 Å². The Kier molecular flexibility index (Phi) is 6.60. The van der Waals surface area contributed by atoms with Gasteiger partial charge < -0.3 is 10.1 Å². The summed E-state index contributed by atoms with van der Waals surface area (Å²) in [6.07, 6.45) is 0. The Morgan fingerprint density at radius 1 is 0.947 bits per heavy atom. The number of benzene rings is 2. The number of halogens is 1. The van der Waals surface area contributed by atoms with Crippen LogP contribution in [-0.2, 0) is 13.1 Å². The lowest BCUT2D eigenvalue weighted by atomic mass is 10.1. The van der Waals surface area contributed by atoms with Gasteiger partial charge >= 0.3 is 0 Å². The van der Waals surface area contributed by atoms with Gasteiger partial charge in [0.15, 0.2) is 0 Å². The average molecular weight is 322 g/mol. The highest BCUT2D eigenvalue weighted by Gasteiger charge is 1.96. The zero-order valence-electron chi connectivity index (χ0n) is 11.3. The van der Waals surface area contributed by atoms with Crippen molar-refractivity contribution in [2.75, 3.05) is 7.11 Å². The summed E-state index contributed by atoms with van der Waals surface area (Å²) in [5, 5.41) is 3.44. The SMILES string of the molecule is Br.COc1ccc(CNCc2cccc(C)c2)cc1. The topological polar surface area (TPSA) is 21.3 Å². The van der Waals surface area contributed by atoms with Crippen LogP contribution in [0.15, 0.2) is 48.5 Å². The molecule has 0 radical (unpaired) electrons. The van der Waals surface area contributed by atoms with E-state index in [4.69, 9.17) is 4.74 Å². The Hall–Kier alpha value is -1.32. The first kappa shape index (κ1) is 15.7. The lowest BCUT2D eigenvalue weighted by Gasteiger charge is -2.06. The molecule has 0 fully saturated rings. The van der Waals surface area contributed by atoms with Crippen LogP contribution in [0.25, 0.3) is 0 Å². The number of hydrogen-bond donors (Lipinski definition) is 1. The zero-order chi connectivity index (χ0) is 12.8. The van der Waals surface area contributed by atoms with E-state index in [-0.39, 0.29) is 17.0 Å². The molecule has 19 heavy (non-hydrogen) atoms. The highest BCUT2D eigenvalue weighted by molar-refractivity contribution is 8.93. The third-order valence-electron chi connectivity index (χ3n) is 2.90. The molecule has 0 spiro atoms. The van der Waals surface area contributed by atoms with Crippen LogP contribution < -0.4 is 10.1 Å². The van der Waals surface area contributed by atoms with Gasteiger partial charge in [-0.05, 0) is 30.2 Å². The Balaban J connectivity index is 0.00000180. The fraction of sp³-hybridized carbons (Fsp3) is 0.250. The summed E-state index contributed by atoms with van der Waals surface area (Å²) in [4.78, 5) is 0. The minimum Gasteiger partial charge on any atom is -0.497 e. The smallest absolute Gasteiger partial charge is 0.118 e. The molecule has 0 aromatic heterocycles. The highest BCUT2D eigenvalue weighted by atomic mass is 79.9. The van der Waals surface area contributed by atoms with Gasteiger partial charge in [0.2, 0.25) is 0 Å². The van der Waals surface area contributed by atoms with Crippen LogP contribution in [0.3, 0.4) is 0 Å². The van der Waals surface area contributed by atoms with E-state index in [0.717, 1.165) is 18.8 Å². The molecule has 2 nitrogen and oxygen atoms in total. The van der Waals surface area contributed by atoms with Gasteiger partial charge in [-0.2, -0.15) is 0 Å². The van der Waals surface area contributed by atoms with Gasteiger partial charge in [0, 0.05) is 13.1 Å². The van der Waals surface area contributed by atoms with Crippen LogP contribution in [0, 0.1) is 6.92 Å². The summed E-state index contributed by atoms with van der Waals surface area (Å²) < 4.78 is 5.14. The summed E-state index contributed by atoms with van der Waals surface area (Å²) in [7, 11) is 1.69. The summed E-state index contributed by atoms with van der Waals surface area (Å²) >= 11 is 0. The number of rotatable bonds is 5. The summed E-state index contributed by atoms with van der Waals surface area (Å²) in [6.45, 7) is 3.89. The fourth-order valence-corrected chi connectivity index (χ4v) is 1.92. The molecule has 0 saturated heterocycles. The molecule has 3 heteroatoms. The number of nitrogens with one attached hydrogen (secondary N) is 1. The maximum absolute atomic E-state index is 5.14. The fourth-order valence-electron chi connectivity index (χ4n) is 1.92. The minimum atomic E-state index is 0. The maximum atomic E-state index is 5.14. The Bertz CT molecular complexity index is 496. The van der Waals surface area contributed by atoms with Crippen LogP contribution in [0.1, 0.15) is 16.7 Å². The second-order valence-corrected chi connectivity index (χ2v) is 4.44. The van der Waals surface area contributed by atoms with Gasteiger partial charge in [-0.25, -0.2) is 0 Å². The van der Waals surface area contributed by atoms with Crippen LogP contribution in [0.4, 0.5) is 0 Å². The van der Waals surface area contributed by atoms with Gasteiger partial charge in [0.25, 0.3) is 0 Å². The molecule has 0 heterocycles. The monoisotopic (exact) mass is 321 g/mol. The van der Waals surface area contributed by atoms with Crippen molar-refractivity contribution in [1.82, 2.24) is 5.32 Å². The molecule has 0 aliphatic carbocycles. The quantitative estimate of drug-likeness (QED) is 0.902. The van der Waals surface area contributed by atoms with Crippen molar-refractivity contribution in [3.8, 4) is 5.75 Å². The predicted octanol–water partition coefficient (Wildman–Crippen LogP) is 3.87. The van der Waals surface area contributed by atoms with Crippen molar-refractivity contribution in [1.29, 1.82) is 0 Å². The summed E-state index contributed by atoms with van der Waals surface area (Å²) in [5.74, 6) is 0.900. The van der Waals surface area contributed by atoms with E-state index < -0.39 is 0 Å². The molecule has 0 unspecified atom stereocenters. The molecule has 2 aromatic carbocycles. The molecule has 0 saturated carbocycles. The van der Waals surface area contributed by atoms with Crippen molar-refractivity contribution in [2.45, 2.75) is 20.0 Å². The third kappa shape index (κ3) is 5.05. The maximum Gasteiger partial charge on any atom is 0.118 e. The second-order valence-electron chi connectivity index (χ2n) is 4.44. The highest BCUT2D eigenvalue weighted by Crippen LogP contribution is 2.11. The van der Waals surface area contributed by atoms with Crippen molar-refractivity contribution < 1.29 is 4.74 Å². The molecule has 102 valence electrons. The predicted molar refractivity (Wildman–Crippen MR) is 85.0 cm³/mol. The molecular weight excluding hydrogens is 302 g/mol. The van der Waals surface area contributed by atoms with Gasteiger partial charge in [-0.3, -0.25) is 0 Å². The number of methoxy groups -OCH3 is 1. The largest absolute Gasteiger partial charge is 0.497 e. The van der Waals surface area contributed by atoms with Crippen LogP contribution in [-0.4, -0.2) is 7.11 Å². The first-order valence-electron chi connectivity index (χ1n) is 6.17. The Morgan fingerprint density at radius 3 is 2.26 bits per heavy atom. The summed E-state index contributed by atoms with van der Waals surface area (Å²) in [6, 6.07) is 16.7. The van der Waals surface area contributed by atoms with E-state index in [0.29, 0.717) is 0 Å². The molecule has 0 aliphatic rings. The molecule has 0 bridgehead atoms. The Morgan fingerprint density at radius 2 is 1.63 bits per heavy atom. The first-order chi connectivity index (χ1) is 8.78. The van der Waals surface area contributed by atoms with E-state index in [1.807, 2.05) is 12.1 Å². The van der Waals surface area contributed by atoms with E-state index in [2.05, 4.69) is 48.6 Å². The van der Waals surface area contributed by atoms with Gasteiger partial charge in [0.05, 0.1) is 7.11 Å². The normalized spacial score (nSPS) is 9.79. The Labute approximate surface area is 125 Å². The number of ether oxygens (including phenoxy) is 1. The van der Waals surface area contributed by atoms with Crippen LogP contribution in [0.5, 0.6) is 5.75 Å². The minimum absolute atomic E-state index is 0. The van der Waals surface area contributed by atoms with Crippen molar-refractivity contribution >= 4 is 17.0 Å². The molecule has 0 atom stereocenters. The second kappa shape index (κ2) is 7.97. The first-order valence-corrected chi connectivity index (χ1v) is 6.17. The number of aryl methyl sites for hydroxylation is 1. The van der Waals surface area contributed by atoms with Crippen LogP contribution >= 0.6 is 17.0 Å². The van der Waals surface area contributed by atoms with E-state index >= 15 is 0 Å². The van der Waals surface area contributed by atoms with Gasteiger partial charge in [-0.1, -0.05) is 42.0 Å². The van der Waals surface area contributed by atoms with Crippen molar-refractivity contribution in [2.24, 2.45) is 0 Å². The van der Waals surface area contributed by atoms with Gasteiger partial charge in [0.1, 0.15) is 5.75 Å². The number of hydrogen-bond acceptors (Lipinski definition) is 2. The molecule has 2 rings (SSSR count). The zero-order valence-corrected chi connectivity index (χ0v) is 13.1. The summed E-state index contributed by atoms with van der Waals surface area (Å²) in [5.41, 5.74) is 3.89. The van der Waals surface area contributed by atoms with Crippen molar-refractivity contribution in [3.63, 3.8) is 0 Å². The molecule has 1 N–H and O–H groups in total. The standard InChI is InChI=1S/C16H19NO.BrH/c1-13-4-3-5-15(10-13)12-17-11-14-6-8-16(18-2)9-7-14;/h3-10,17H,11-12H2,1-2H3;1H. The van der Waals surface area contributed by atoms with Gasteiger partial charge in [-0.15, -0.1) is 17.0 Å². The van der Waals surface area contributed by atoms with E-state index in [9.17, 15) is 0 Å². The lowest BCUT2D eigenvalue weighted by molar-refractivity contribution is 0.414. The third-order valence-corrected chi connectivity index (χ3v) is 2.90. The van der Waals surface area contributed by atoms with Crippen molar-refractivity contribution in [3.05, 3.63) is 65.2 Å². The molecule has 0 amide bonds. The molecule has 2 aromatic rings. The van der Waals surface area contributed by atoms with E-state index in [1.54, 1.807) is 7.11 Å². The molecular formula is C16H20BrNO. The van der Waals surface area contributed by atoms with E-state index in [1.165, 1.54) is 16.7 Å². The average Bonchev–Trinajstić information content (AvgIpc) is 2.40.